The van der Waals surface area contributed by atoms with Crippen molar-refractivity contribution in [3.8, 4) is 0 Å². The summed E-state index contributed by atoms with van der Waals surface area (Å²) in [4.78, 5) is 37.3. The zero-order valence-corrected chi connectivity index (χ0v) is 15.5. The van der Waals surface area contributed by atoms with E-state index in [9.17, 15) is 22.8 Å². The molecular weight excluding hydrogens is 368 g/mol. The second kappa shape index (κ2) is 6.91. The van der Waals surface area contributed by atoms with Crippen LogP contribution >= 0.6 is 11.3 Å². The number of hydrogen-bond acceptors (Lipinski definition) is 7. The van der Waals surface area contributed by atoms with Crippen molar-refractivity contribution in [2.45, 2.75) is 44.8 Å². The normalized spacial score (nSPS) is 21.9. The molecule has 8 nitrogen and oxygen atoms in total. The highest BCUT2D eigenvalue weighted by molar-refractivity contribution is 7.91. The molecule has 1 aliphatic heterocycles. The fraction of sp³-hybridized carbons (Fsp3) is 0.667. The minimum Gasteiger partial charge on any atom is -0.454 e. The van der Waals surface area contributed by atoms with E-state index in [4.69, 9.17) is 4.74 Å². The van der Waals surface area contributed by atoms with E-state index in [1.54, 1.807) is 17.2 Å². The molecule has 10 heteroatoms. The van der Waals surface area contributed by atoms with Gasteiger partial charge in [-0.15, -0.1) is 0 Å². The molecule has 2 fully saturated rings. The second-order valence-electron chi connectivity index (χ2n) is 6.48. The molecule has 1 saturated carbocycles. The number of carbonyl (C=O) groups excluding carboxylic acids is 2. The predicted octanol–water partition coefficient (Wildman–Crippen LogP) is -0.0605. The molecule has 0 radical (unpaired) electrons. The first-order valence-corrected chi connectivity index (χ1v) is 10.8. The maximum absolute atomic E-state index is 12.5. The van der Waals surface area contributed by atoms with Gasteiger partial charge in [0.2, 0.25) is 0 Å². The average molecular weight is 388 g/mol. The van der Waals surface area contributed by atoms with Crippen LogP contribution in [0.1, 0.15) is 25.0 Å². The zero-order valence-electron chi connectivity index (χ0n) is 13.8. The number of ether oxygens (including phenoxy) is 1. The van der Waals surface area contributed by atoms with Crippen LogP contribution in [0.5, 0.6) is 0 Å². The zero-order chi connectivity index (χ0) is 18.2. The highest BCUT2D eigenvalue weighted by Gasteiger charge is 2.42. The predicted molar refractivity (Wildman–Crippen MR) is 91.2 cm³/mol. The third kappa shape index (κ3) is 4.30. The van der Waals surface area contributed by atoms with E-state index in [1.165, 1.54) is 4.57 Å². The van der Waals surface area contributed by atoms with E-state index in [0.29, 0.717) is 12.1 Å². The van der Waals surface area contributed by atoms with Crippen LogP contribution in [0, 0.1) is 6.92 Å². The van der Waals surface area contributed by atoms with Gasteiger partial charge in [-0.05, 0) is 26.2 Å². The van der Waals surface area contributed by atoms with Crippen LogP contribution < -0.4 is 4.87 Å². The van der Waals surface area contributed by atoms with Crippen LogP contribution in [0.25, 0.3) is 0 Å². The molecule has 1 aromatic heterocycles. The quantitative estimate of drug-likeness (QED) is 0.633. The maximum Gasteiger partial charge on any atom is 0.326 e. The van der Waals surface area contributed by atoms with Crippen molar-refractivity contribution >= 4 is 33.1 Å². The number of aromatic nitrogens is 1. The van der Waals surface area contributed by atoms with Crippen LogP contribution in [0.15, 0.2) is 10.2 Å². The van der Waals surface area contributed by atoms with Crippen molar-refractivity contribution in [3.63, 3.8) is 0 Å². The summed E-state index contributed by atoms with van der Waals surface area (Å²) >= 11 is 0.999. The van der Waals surface area contributed by atoms with Crippen molar-refractivity contribution in [3.05, 3.63) is 20.7 Å². The number of thiazole rings is 1. The molecule has 3 rings (SSSR count). The van der Waals surface area contributed by atoms with Gasteiger partial charge in [0.1, 0.15) is 6.54 Å². The van der Waals surface area contributed by atoms with Gasteiger partial charge < -0.3 is 9.64 Å². The van der Waals surface area contributed by atoms with Gasteiger partial charge in [0, 0.05) is 23.2 Å². The molecule has 1 aromatic rings. The summed E-state index contributed by atoms with van der Waals surface area (Å²) in [5, 5.41) is 1.65. The highest BCUT2D eigenvalue weighted by atomic mass is 32.2. The lowest BCUT2D eigenvalue weighted by molar-refractivity contribution is -0.153. The van der Waals surface area contributed by atoms with Crippen LogP contribution in [-0.4, -0.2) is 60.0 Å². The number of hydrogen-bond donors (Lipinski definition) is 0. The van der Waals surface area contributed by atoms with Crippen molar-refractivity contribution in [2.24, 2.45) is 0 Å². The van der Waals surface area contributed by atoms with E-state index < -0.39 is 22.4 Å². The minimum absolute atomic E-state index is 0.0212. The van der Waals surface area contributed by atoms with Crippen LogP contribution in [-0.2, 0) is 30.7 Å². The molecule has 0 bridgehead atoms. The summed E-state index contributed by atoms with van der Waals surface area (Å²) < 4.78 is 29.6. The molecule has 25 heavy (non-hydrogen) atoms. The molecule has 2 heterocycles. The average Bonchev–Trinajstić information content (AvgIpc) is 3.24. The third-order valence-corrected chi connectivity index (χ3v) is 7.08. The number of esters is 1. The number of rotatable bonds is 6. The lowest BCUT2D eigenvalue weighted by Crippen LogP contribution is -2.45. The van der Waals surface area contributed by atoms with Crippen molar-refractivity contribution in [1.29, 1.82) is 0 Å². The molecule has 1 amide bonds. The fourth-order valence-corrected chi connectivity index (χ4v) is 5.49. The Hall–Kier alpha value is -1.68. The van der Waals surface area contributed by atoms with Crippen LogP contribution in [0.2, 0.25) is 0 Å². The first-order chi connectivity index (χ1) is 11.8. The summed E-state index contributed by atoms with van der Waals surface area (Å²) in [6, 6.07) is -0.281. The molecular formula is C15H20N2O6S2. The standard InChI is InChI=1S/C15H20N2O6S2/c1-10-8-24-15(20)16(10)6-14(19)23-7-13(18)17(11-2-3-11)12-4-5-25(21,22)9-12/h8,11-12H,2-7,9H2,1H3/t12-/m0/s1. The monoisotopic (exact) mass is 388 g/mol. The molecule has 138 valence electrons. The van der Waals surface area contributed by atoms with E-state index in [2.05, 4.69) is 0 Å². The summed E-state index contributed by atoms with van der Waals surface area (Å²) in [6.45, 7) is 1.05. The molecule has 1 atom stereocenters. The fourth-order valence-electron chi connectivity index (χ4n) is 3.04. The van der Waals surface area contributed by atoms with E-state index in [-0.39, 0.29) is 40.9 Å². The molecule has 0 spiro atoms. The van der Waals surface area contributed by atoms with Gasteiger partial charge in [0.25, 0.3) is 5.91 Å². The van der Waals surface area contributed by atoms with Crippen molar-refractivity contribution < 1.29 is 22.7 Å². The van der Waals surface area contributed by atoms with Crippen molar-refractivity contribution in [2.75, 3.05) is 18.1 Å². The summed E-state index contributed by atoms with van der Waals surface area (Å²) in [5.74, 6) is -0.958. The van der Waals surface area contributed by atoms with Gasteiger partial charge in [0.15, 0.2) is 16.4 Å². The van der Waals surface area contributed by atoms with Gasteiger partial charge in [-0.3, -0.25) is 19.0 Å². The Morgan fingerprint density at radius 1 is 1.32 bits per heavy atom. The lowest BCUT2D eigenvalue weighted by atomic mass is 10.2. The number of carbonyl (C=O) groups is 2. The Morgan fingerprint density at radius 3 is 2.56 bits per heavy atom. The Kier molecular flexibility index (Phi) is 5.01. The van der Waals surface area contributed by atoms with E-state index in [1.807, 2.05) is 0 Å². The van der Waals surface area contributed by atoms with Gasteiger partial charge in [-0.1, -0.05) is 11.3 Å². The lowest BCUT2D eigenvalue weighted by Gasteiger charge is -2.28. The highest BCUT2D eigenvalue weighted by Crippen LogP contribution is 2.32. The maximum atomic E-state index is 12.5. The number of aryl methyl sites for hydroxylation is 1. The molecule has 0 N–H and O–H groups in total. The second-order valence-corrected chi connectivity index (χ2v) is 9.53. The topological polar surface area (TPSA) is 103 Å². The number of amides is 1. The van der Waals surface area contributed by atoms with Gasteiger partial charge >= 0.3 is 10.8 Å². The molecule has 0 unspecified atom stereocenters. The van der Waals surface area contributed by atoms with E-state index in [0.717, 1.165) is 24.2 Å². The first kappa shape index (κ1) is 18.1. The van der Waals surface area contributed by atoms with Gasteiger partial charge in [-0.2, -0.15) is 0 Å². The molecule has 0 aromatic carbocycles. The molecule has 1 aliphatic carbocycles. The summed E-state index contributed by atoms with van der Waals surface area (Å²) in [7, 11) is -3.09. The Balaban J connectivity index is 1.57. The number of nitrogens with zero attached hydrogens (tertiary/aromatic N) is 2. The van der Waals surface area contributed by atoms with E-state index >= 15 is 0 Å². The van der Waals surface area contributed by atoms with Crippen molar-refractivity contribution in [1.82, 2.24) is 9.47 Å². The third-order valence-electron chi connectivity index (χ3n) is 4.45. The smallest absolute Gasteiger partial charge is 0.326 e. The Labute approximate surface area is 149 Å². The van der Waals surface area contributed by atoms with Crippen LogP contribution in [0.4, 0.5) is 0 Å². The summed E-state index contributed by atoms with van der Waals surface area (Å²) in [6.07, 6.45) is 2.13. The Bertz CT molecular complexity index is 836. The Morgan fingerprint density at radius 2 is 2.04 bits per heavy atom. The molecule has 2 aliphatic rings. The number of sulfone groups is 1. The van der Waals surface area contributed by atoms with Gasteiger partial charge in [0.05, 0.1) is 11.5 Å². The van der Waals surface area contributed by atoms with Crippen LogP contribution in [0.3, 0.4) is 0 Å². The minimum atomic E-state index is -3.09. The summed E-state index contributed by atoms with van der Waals surface area (Å²) in [5.41, 5.74) is 0.661. The molecule has 1 saturated heterocycles. The largest absolute Gasteiger partial charge is 0.454 e. The van der Waals surface area contributed by atoms with Gasteiger partial charge in [-0.25, -0.2) is 8.42 Å². The first-order valence-electron chi connectivity index (χ1n) is 8.09. The SMILES string of the molecule is Cc1csc(=O)n1CC(=O)OCC(=O)N(C1CC1)[C@H]1CCS(=O)(=O)C1.